The van der Waals surface area contributed by atoms with Crippen molar-refractivity contribution < 1.29 is 18.9 Å². The van der Waals surface area contributed by atoms with E-state index >= 15 is 0 Å². The normalized spacial score (nSPS) is 10.8. The molecule has 0 N–H and O–H groups in total. The van der Waals surface area contributed by atoms with Gasteiger partial charge < -0.3 is 9.15 Å². The van der Waals surface area contributed by atoms with Crippen LogP contribution in [0.5, 0.6) is 0 Å². The third-order valence-corrected chi connectivity index (χ3v) is 3.67. The molecule has 0 aliphatic rings. The lowest BCUT2D eigenvalue weighted by Crippen LogP contribution is -2.04. The van der Waals surface area contributed by atoms with Crippen molar-refractivity contribution in [2.45, 2.75) is 13.3 Å². The van der Waals surface area contributed by atoms with Crippen LogP contribution >= 0.6 is 0 Å². The molecule has 0 amide bonds. The number of carbonyl (C=O) groups is 1. The summed E-state index contributed by atoms with van der Waals surface area (Å²) in [7, 11) is 1.34. The molecule has 1 heterocycles. The van der Waals surface area contributed by atoms with Gasteiger partial charge in [-0.3, -0.25) is 14.9 Å². The first-order chi connectivity index (χ1) is 11.5. The SMILES string of the molecule is COC(=O)Cc1ccc2oc(-c3ccc([N+](=O)[O-])c(C)c3)nc2c1. The highest BCUT2D eigenvalue weighted by molar-refractivity contribution is 5.79. The molecule has 0 saturated heterocycles. The fraction of sp³-hybridized carbons (Fsp3) is 0.176. The van der Waals surface area contributed by atoms with Crippen LogP contribution in [0.1, 0.15) is 11.1 Å². The lowest BCUT2D eigenvalue weighted by atomic mass is 10.1. The Morgan fingerprint density at radius 2 is 2.08 bits per heavy atom. The monoisotopic (exact) mass is 326 g/mol. The third kappa shape index (κ3) is 2.96. The number of fused-ring (bicyclic) bond motifs is 1. The number of nitro benzene ring substituents is 1. The van der Waals surface area contributed by atoms with Crippen LogP contribution in [-0.4, -0.2) is 23.0 Å². The molecule has 0 aliphatic carbocycles. The number of aromatic nitrogens is 1. The van der Waals surface area contributed by atoms with Crippen LogP contribution in [-0.2, 0) is 16.0 Å². The van der Waals surface area contributed by atoms with Gasteiger partial charge in [0.1, 0.15) is 5.52 Å². The number of aryl methyl sites for hydroxylation is 1. The Balaban J connectivity index is 1.97. The van der Waals surface area contributed by atoms with Crippen LogP contribution in [0.4, 0.5) is 5.69 Å². The van der Waals surface area contributed by atoms with Crippen molar-refractivity contribution in [1.29, 1.82) is 0 Å². The van der Waals surface area contributed by atoms with E-state index in [4.69, 9.17) is 4.42 Å². The van der Waals surface area contributed by atoms with Gasteiger partial charge in [0.25, 0.3) is 5.69 Å². The molecule has 0 saturated carbocycles. The average Bonchev–Trinajstić information content (AvgIpc) is 2.97. The van der Waals surface area contributed by atoms with E-state index in [1.165, 1.54) is 13.2 Å². The number of ether oxygens (including phenoxy) is 1. The summed E-state index contributed by atoms with van der Waals surface area (Å²) in [6, 6.07) is 9.97. The first-order valence-corrected chi connectivity index (χ1v) is 7.19. The number of rotatable bonds is 4. The zero-order valence-electron chi connectivity index (χ0n) is 13.1. The summed E-state index contributed by atoms with van der Waals surface area (Å²) >= 11 is 0. The van der Waals surface area contributed by atoms with Gasteiger partial charge in [0.2, 0.25) is 5.89 Å². The van der Waals surface area contributed by atoms with E-state index in [1.54, 1.807) is 37.3 Å². The molecule has 0 bridgehead atoms. The summed E-state index contributed by atoms with van der Waals surface area (Å²) in [5.74, 6) is 0.0438. The van der Waals surface area contributed by atoms with E-state index in [1.807, 2.05) is 0 Å². The number of carbonyl (C=O) groups excluding carboxylic acids is 1. The number of benzene rings is 2. The molecule has 0 radical (unpaired) electrons. The van der Waals surface area contributed by atoms with Crippen LogP contribution < -0.4 is 0 Å². The molecule has 0 aliphatic heterocycles. The number of hydrogen-bond donors (Lipinski definition) is 0. The summed E-state index contributed by atoms with van der Waals surface area (Å²) in [6.07, 6.45) is 0.158. The van der Waals surface area contributed by atoms with Gasteiger partial charge >= 0.3 is 5.97 Å². The molecule has 1 aromatic heterocycles. The van der Waals surface area contributed by atoms with Gasteiger partial charge in [-0.2, -0.15) is 0 Å². The maximum absolute atomic E-state index is 11.3. The number of esters is 1. The minimum Gasteiger partial charge on any atom is -0.469 e. The Hall–Kier alpha value is -3.22. The van der Waals surface area contributed by atoms with Crippen molar-refractivity contribution in [3.63, 3.8) is 0 Å². The van der Waals surface area contributed by atoms with Gasteiger partial charge in [0, 0.05) is 17.2 Å². The standard InChI is InChI=1S/C17H14N2O5/c1-10-7-12(4-5-14(10)19(21)22)17-18-13-8-11(9-16(20)23-2)3-6-15(13)24-17/h3-8H,9H2,1-2H3. The molecule has 3 aromatic rings. The summed E-state index contributed by atoms with van der Waals surface area (Å²) in [4.78, 5) is 26.2. The molecule has 3 rings (SSSR count). The molecule has 0 unspecified atom stereocenters. The molecular weight excluding hydrogens is 312 g/mol. The van der Waals surface area contributed by atoms with Crippen molar-refractivity contribution in [2.24, 2.45) is 0 Å². The lowest BCUT2D eigenvalue weighted by Gasteiger charge is -1.99. The number of oxazole rings is 1. The van der Waals surface area contributed by atoms with Gasteiger partial charge in [0.05, 0.1) is 18.5 Å². The van der Waals surface area contributed by atoms with Gasteiger partial charge in [-0.15, -0.1) is 0 Å². The van der Waals surface area contributed by atoms with E-state index in [0.717, 1.165) is 5.56 Å². The van der Waals surface area contributed by atoms with Crippen molar-refractivity contribution in [2.75, 3.05) is 7.11 Å². The molecule has 0 atom stereocenters. The van der Waals surface area contributed by atoms with E-state index in [0.29, 0.717) is 28.1 Å². The molecule has 2 aromatic carbocycles. The largest absolute Gasteiger partial charge is 0.469 e. The molecule has 24 heavy (non-hydrogen) atoms. The second kappa shape index (κ2) is 6.11. The van der Waals surface area contributed by atoms with Crippen LogP contribution in [0.25, 0.3) is 22.6 Å². The van der Waals surface area contributed by atoms with E-state index in [9.17, 15) is 14.9 Å². The Labute approximate surface area is 137 Å². The zero-order valence-corrected chi connectivity index (χ0v) is 13.1. The average molecular weight is 326 g/mol. The minimum absolute atomic E-state index is 0.0511. The summed E-state index contributed by atoms with van der Waals surface area (Å²) in [5.41, 5.74) is 3.20. The molecule has 7 heteroatoms. The summed E-state index contributed by atoms with van der Waals surface area (Å²) in [6.45, 7) is 1.67. The van der Waals surface area contributed by atoms with Gasteiger partial charge in [-0.05, 0) is 36.8 Å². The predicted octanol–water partition coefficient (Wildman–Crippen LogP) is 3.43. The number of nitrogens with zero attached hydrogens (tertiary/aromatic N) is 2. The lowest BCUT2D eigenvalue weighted by molar-refractivity contribution is -0.385. The molecule has 122 valence electrons. The Bertz CT molecular complexity index is 945. The van der Waals surface area contributed by atoms with Crippen molar-refractivity contribution in [3.8, 4) is 11.5 Å². The molecular formula is C17H14N2O5. The second-order valence-corrected chi connectivity index (χ2v) is 5.33. The predicted molar refractivity (Wildman–Crippen MR) is 86.6 cm³/mol. The molecule has 0 fully saturated rings. The number of nitro groups is 1. The highest BCUT2D eigenvalue weighted by Gasteiger charge is 2.15. The topological polar surface area (TPSA) is 95.5 Å². The first kappa shape index (κ1) is 15.7. The van der Waals surface area contributed by atoms with Gasteiger partial charge in [-0.25, -0.2) is 4.98 Å². The summed E-state index contributed by atoms with van der Waals surface area (Å²) in [5, 5.41) is 10.9. The van der Waals surface area contributed by atoms with Crippen LogP contribution in [0.3, 0.4) is 0 Å². The number of hydrogen-bond acceptors (Lipinski definition) is 6. The van der Waals surface area contributed by atoms with Gasteiger partial charge in [-0.1, -0.05) is 6.07 Å². The van der Waals surface area contributed by atoms with Gasteiger partial charge in [0.15, 0.2) is 5.58 Å². The fourth-order valence-electron chi connectivity index (χ4n) is 2.44. The van der Waals surface area contributed by atoms with Crippen LogP contribution in [0.15, 0.2) is 40.8 Å². The van der Waals surface area contributed by atoms with Crippen molar-refractivity contribution in [3.05, 3.63) is 57.6 Å². The highest BCUT2D eigenvalue weighted by atomic mass is 16.6. The summed E-state index contributed by atoms with van der Waals surface area (Å²) < 4.78 is 10.3. The van der Waals surface area contributed by atoms with Crippen LogP contribution in [0, 0.1) is 17.0 Å². The molecule has 7 nitrogen and oxygen atoms in total. The smallest absolute Gasteiger partial charge is 0.309 e. The number of methoxy groups -OCH3 is 1. The fourth-order valence-corrected chi connectivity index (χ4v) is 2.44. The minimum atomic E-state index is -0.426. The van der Waals surface area contributed by atoms with Crippen LogP contribution in [0.2, 0.25) is 0 Å². The van der Waals surface area contributed by atoms with E-state index in [2.05, 4.69) is 9.72 Å². The third-order valence-electron chi connectivity index (χ3n) is 3.67. The zero-order chi connectivity index (χ0) is 17.3. The van der Waals surface area contributed by atoms with Crippen molar-refractivity contribution in [1.82, 2.24) is 4.98 Å². The maximum Gasteiger partial charge on any atom is 0.309 e. The maximum atomic E-state index is 11.3. The quantitative estimate of drug-likeness (QED) is 0.414. The Morgan fingerprint density at radius 3 is 2.75 bits per heavy atom. The highest BCUT2D eigenvalue weighted by Crippen LogP contribution is 2.28. The van der Waals surface area contributed by atoms with E-state index < -0.39 is 4.92 Å². The van der Waals surface area contributed by atoms with E-state index in [-0.39, 0.29) is 18.1 Å². The Morgan fingerprint density at radius 1 is 1.29 bits per heavy atom. The second-order valence-electron chi connectivity index (χ2n) is 5.33. The van der Waals surface area contributed by atoms with Crippen molar-refractivity contribution >= 4 is 22.8 Å². The first-order valence-electron chi connectivity index (χ1n) is 7.19. The Kier molecular flexibility index (Phi) is 3.99. The molecule has 0 spiro atoms.